The van der Waals surface area contributed by atoms with E-state index in [9.17, 15) is 18.4 Å². The van der Waals surface area contributed by atoms with Gasteiger partial charge in [-0.1, -0.05) is 30.3 Å². The Morgan fingerprint density at radius 1 is 1.00 bits per heavy atom. The summed E-state index contributed by atoms with van der Waals surface area (Å²) >= 11 is 0. The average molecular weight is 430 g/mol. The largest absolute Gasteiger partial charge is 0.339 e. The molecule has 0 radical (unpaired) electrons. The number of halogens is 2. The van der Waals surface area contributed by atoms with Crippen molar-refractivity contribution in [3.05, 3.63) is 71.3 Å². The lowest BCUT2D eigenvalue weighted by atomic mass is 9.94. The van der Waals surface area contributed by atoms with Gasteiger partial charge in [0.05, 0.1) is 5.56 Å². The molecule has 0 atom stereocenters. The van der Waals surface area contributed by atoms with Crippen LogP contribution >= 0.6 is 0 Å². The van der Waals surface area contributed by atoms with Crippen LogP contribution in [0.25, 0.3) is 0 Å². The van der Waals surface area contributed by atoms with E-state index in [0.717, 1.165) is 24.2 Å². The Morgan fingerprint density at radius 2 is 1.68 bits per heavy atom. The number of piperidine rings is 1. The summed E-state index contributed by atoms with van der Waals surface area (Å²) in [5.41, 5.74) is 0.942. The quantitative estimate of drug-likeness (QED) is 0.678. The minimum absolute atomic E-state index is 0.0887. The Kier molecular flexibility index (Phi) is 7.74. The van der Waals surface area contributed by atoms with E-state index in [1.165, 1.54) is 6.07 Å². The summed E-state index contributed by atoms with van der Waals surface area (Å²) in [7, 11) is 3.95. The van der Waals surface area contributed by atoms with Crippen LogP contribution in [0.3, 0.4) is 0 Å². The summed E-state index contributed by atoms with van der Waals surface area (Å²) in [6, 6.07) is 12.9. The number of amides is 2. The monoisotopic (exact) mass is 429 g/mol. The fraction of sp³-hybridized carbons (Fsp3) is 0.417. The predicted molar refractivity (Wildman–Crippen MR) is 115 cm³/mol. The number of likely N-dealkylation sites (N-methyl/N-ethyl adjacent to an activating group) is 1. The van der Waals surface area contributed by atoms with Crippen LogP contribution in [0.1, 0.15) is 28.8 Å². The number of carbonyl (C=O) groups excluding carboxylic acids is 2. The number of carbonyl (C=O) groups is 2. The van der Waals surface area contributed by atoms with Crippen LogP contribution in [-0.2, 0) is 11.3 Å². The molecule has 7 heteroatoms. The van der Waals surface area contributed by atoms with Gasteiger partial charge in [-0.25, -0.2) is 8.78 Å². The predicted octanol–water partition coefficient (Wildman–Crippen LogP) is 3.41. The highest BCUT2D eigenvalue weighted by molar-refractivity contribution is 5.94. The normalized spacial score (nSPS) is 14.7. The van der Waals surface area contributed by atoms with E-state index < -0.39 is 17.5 Å². The maximum Gasteiger partial charge on any atom is 0.256 e. The van der Waals surface area contributed by atoms with Gasteiger partial charge in [-0.05, 0) is 44.6 Å². The number of nitrogens with zero attached hydrogens (tertiary/aromatic N) is 3. The van der Waals surface area contributed by atoms with Crippen LogP contribution in [0.2, 0.25) is 0 Å². The molecule has 1 aliphatic heterocycles. The number of rotatable bonds is 7. The van der Waals surface area contributed by atoms with E-state index in [0.29, 0.717) is 39.0 Å². The first-order valence-corrected chi connectivity index (χ1v) is 10.6. The van der Waals surface area contributed by atoms with Crippen molar-refractivity contribution in [2.45, 2.75) is 19.4 Å². The van der Waals surface area contributed by atoms with E-state index in [1.807, 2.05) is 54.2 Å². The zero-order valence-electron chi connectivity index (χ0n) is 18.1. The first kappa shape index (κ1) is 22.9. The minimum atomic E-state index is -0.860. The fourth-order valence-electron chi connectivity index (χ4n) is 3.81. The van der Waals surface area contributed by atoms with Crippen molar-refractivity contribution < 1.29 is 18.4 Å². The van der Waals surface area contributed by atoms with Gasteiger partial charge < -0.3 is 14.7 Å². The molecule has 5 nitrogen and oxygen atoms in total. The van der Waals surface area contributed by atoms with Gasteiger partial charge in [-0.2, -0.15) is 0 Å². The standard InChI is InChI=1S/C24H29F2N3O2/c1-27(2)14-15-29(17-18-6-4-3-5-7-18)23(30)19-10-12-28(13-11-19)24(31)21-9-8-20(25)16-22(21)26/h3-9,16,19H,10-15,17H2,1-2H3. The Morgan fingerprint density at radius 3 is 2.29 bits per heavy atom. The Balaban J connectivity index is 1.62. The van der Waals surface area contributed by atoms with Crippen molar-refractivity contribution in [2.24, 2.45) is 5.92 Å². The van der Waals surface area contributed by atoms with Gasteiger partial charge in [0.15, 0.2) is 0 Å². The van der Waals surface area contributed by atoms with Crippen LogP contribution in [0, 0.1) is 17.6 Å². The SMILES string of the molecule is CN(C)CCN(Cc1ccccc1)C(=O)C1CCN(C(=O)c2ccc(F)cc2F)CC1. The summed E-state index contributed by atoms with van der Waals surface area (Å²) in [5, 5.41) is 0. The van der Waals surface area contributed by atoms with Gasteiger partial charge in [-0.15, -0.1) is 0 Å². The number of hydrogen-bond acceptors (Lipinski definition) is 3. The van der Waals surface area contributed by atoms with Crippen molar-refractivity contribution in [3.8, 4) is 0 Å². The molecule has 3 rings (SSSR count). The molecule has 2 aromatic rings. The minimum Gasteiger partial charge on any atom is -0.339 e. The first-order chi connectivity index (χ1) is 14.8. The molecule has 31 heavy (non-hydrogen) atoms. The number of hydrogen-bond donors (Lipinski definition) is 0. The van der Waals surface area contributed by atoms with Gasteiger partial charge in [0.25, 0.3) is 5.91 Å². The third-order valence-electron chi connectivity index (χ3n) is 5.64. The molecule has 0 unspecified atom stereocenters. The second-order valence-electron chi connectivity index (χ2n) is 8.24. The lowest BCUT2D eigenvalue weighted by molar-refractivity contribution is -0.137. The van der Waals surface area contributed by atoms with Gasteiger partial charge in [0.1, 0.15) is 11.6 Å². The van der Waals surface area contributed by atoms with Crippen molar-refractivity contribution >= 4 is 11.8 Å². The highest BCUT2D eigenvalue weighted by Crippen LogP contribution is 2.23. The maximum atomic E-state index is 14.0. The third kappa shape index (κ3) is 6.10. The van der Waals surface area contributed by atoms with Crippen LogP contribution in [0.15, 0.2) is 48.5 Å². The molecule has 1 heterocycles. The third-order valence-corrected chi connectivity index (χ3v) is 5.64. The van der Waals surface area contributed by atoms with Crippen LogP contribution in [0.5, 0.6) is 0 Å². The van der Waals surface area contributed by atoms with E-state index in [1.54, 1.807) is 4.90 Å². The van der Waals surface area contributed by atoms with Crippen molar-refractivity contribution in [1.29, 1.82) is 0 Å². The highest BCUT2D eigenvalue weighted by atomic mass is 19.1. The summed E-state index contributed by atoms with van der Waals surface area (Å²) in [4.78, 5) is 31.4. The van der Waals surface area contributed by atoms with Gasteiger partial charge in [0, 0.05) is 44.7 Å². The average Bonchev–Trinajstić information content (AvgIpc) is 2.76. The zero-order valence-corrected chi connectivity index (χ0v) is 18.1. The van der Waals surface area contributed by atoms with E-state index in [4.69, 9.17) is 0 Å². The molecular formula is C24H29F2N3O2. The molecular weight excluding hydrogens is 400 g/mol. The molecule has 0 aromatic heterocycles. The summed E-state index contributed by atoms with van der Waals surface area (Å²) < 4.78 is 27.1. The van der Waals surface area contributed by atoms with Crippen molar-refractivity contribution in [3.63, 3.8) is 0 Å². The molecule has 2 aromatic carbocycles. The number of benzene rings is 2. The number of likely N-dealkylation sites (tertiary alicyclic amines) is 1. The zero-order chi connectivity index (χ0) is 22.4. The van der Waals surface area contributed by atoms with Gasteiger partial charge in [0.2, 0.25) is 5.91 Å². The first-order valence-electron chi connectivity index (χ1n) is 10.6. The second kappa shape index (κ2) is 10.5. The fourth-order valence-corrected chi connectivity index (χ4v) is 3.81. The molecule has 1 aliphatic rings. The molecule has 0 aliphatic carbocycles. The topological polar surface area (TPSA) is 43.9 Å². The molecule has 1 fully saturated rings. The highest BCUT2D eigenvalue weighted by Gasteiger charge is 2.31. The molecule has 1 saturated heterocycles. The molecule has 0 N–H and O–H groups in total. The van der Waals surface area contributed by atoms with Crippen molar-refractivity contribution in [2.75, 3.05) is 40.3 Å². The summed E-state index contributed by atoms with van der Waals surface area (Å²) in [5.74, 6) is -2.12. The second-order valence-corrected chi connectivity index (χ2v) is 8.24. The van der Waals surface area contributed by atoms with Gasteiger partial charge >= 0.3 is 0 Å². The van der Waals surface area contributed by atoms with Crippen LogP contribution in [0.4, 0.5) is 8.78 Å². The van der Waals surface area contributed by atoms with Gasteiger partial charge in [-0.3, -0.25) is 9.59 Å². The van der Waals surface area contributed by atoms with Crippen LogP contribution < -0.4 is 0 Å². The molecule has 0 saturated carbocycles. The Labute approximate surface area is 182 Å². The molecule has 0 bridgehead atoms. The molecule has 166 valence electrons. The van der Waals surface area contributed by atoms with Crippen LogP contribution in [-0.4, -0.2) is 66.8 Å². The Hall–Kier alpha value is -2.80. The summed E-state index contributed by atoms with van der Waals surface area (Å²) in [6.07, 6.45) is 1.06. The molecule has 2 amide bonds. The van der Waals surface area contributed by atoms with Crippen molar-refractivity contribution in [1.82, 2.24) is 14.7 Å². The maximum absolute atomic E-state index is 14.0. The van der Waals surface area contributed by atoms with E-state index in [2.05, 4.69) is 0 Å². The Bertz CT molecular complexity index is 897. The lowest BCUT2D eigenvalue weighted by Crippen LogP contribution is -2.45. The lowest BCUT2D eigenvalue weighted by Gasteiger charge is -2.35. The summed E-state index contributed by atoms with van der Waals surface area (Å²) in [6.45, 7) is 2.69. The van der Waals surface area contributed by atoms with E-state index in [-0.39, 0.29) is 17.4 Å². The molecule has 0 spiro atoms. The smallest absolute Gasteiger partial charge is 0.256 e. The van der Waals surface area contributed by atoms with E-state index >= 15 is 0 Å².